The summed E-state index contributed by atoms with van der Waals surface area (Å²) in [4.78, 5) is 0. The number of rotatable bonds is 1. The molecule has 1 atom stereocenters. The lowest BCUT2D eigenvalue weighted by Crippen LogP contribution is -2.14. The van der Waals surface area contributed by atoms with E-state index in [2.05, 4.69) is 17.5 Å². The molecule has 14 heavy (non-hydrogen) atoms. The van der Waals surface area contributed by atoms with E-state index in [1.165, 1.54) is 12.0 Å². The van der Waals surface area contributed by atoms with Crippen molar-refractivity contribution in [2.24, 2.45) is 0 Å². The highest BCUT2D eigenvalue weighted by molar-refractivity contribution is 5.45. The molecule has 1 aromatic carbocycles. The molecule has 0 spiro atoms. The quantitative estimate of drug-likeness (QED) is 0.730. The van der Waals surface area contributed by atoms with Crippen LogP contribution in [-0.4, -0.2) is 6.54 Å². The standard InChI is InChI=1S/C12H14N2/c1-9-4-2-5-10(11(9)8-13)12-6-3-7-14-12/h2,4-5,12,14H,3,6-7H2,1H3. The van der Waals surface area contributed by atoms with Gasteiger partial charge in [0.1, 0.15) is 0 Å². The molecular formula is C12H14N2. The molecular weight excluding hydrogens is 172 g/mol. The van der Waals surface area contributed by atoms with Gasteiger partial charge < -0.3 is 5.32 Å². The Labute approximate surface area is 84.6 Å². The number of nitrogens with zero attached hydrogens (tertiary/aromatic N) is 1. The van der Waals surface area contributed by atoms with Crippen LogP contribution in [0.5, 0.6) is 0 Å². The minimum Gasteiger partial charge on any atom is -0.310 e. The zero-order valence-corrected chi connectivity index (χ0v) is 8.38. The molecule has 1 aliphatic heterocycles. The molecule has 2 rings (SSSR count). The van der Waals surface area contributed by atoms with Crippen LogP contribution in [0.3, 0.4) is 0 Å². The first-order valence-corrected chi connectivity index (χ1v) is 5.06. The maximum atomic E-state index is 9.08. The van der Waals surface area contributed by atoms with E-state index in [-0.39, 0.29) is 0 Å². The van der Waals surface area contributed by atoms with Crippen molar-refractivity contribution in [3.05, 3.63) is 34.9 Å². The fourth-order valence-electron chi connectivity index (χ4n) is 2.08. The molecule has 1 aromatic rings. The van der Waals surface area contributed by atoms with Crippen LogP contribution < -0.4 is 5.32 Å². The Morgan fingerprint density at radius 2 is 2.36 bits per heavy atom. The first-order chi connectivity index (χ1) is 6.83. The van der Waals surface area contributed by atoms with Gasteiger partial charge in [0, 0.05) is 6.04 Å². The Morgan fingerprint density at radius 3 is 3.00 bits per heavy atom. The van der Waals surface area contributed by atoms with E-state index in [0.717, 1.165) is 24.1 Å². The molecule has 0 bridgehead atoms. The topological polar surface area (TPSA) is 35.8 Å². The van der Waals surface area contributed by atoms with Gasteiger partial charge in [0.25, 0.3) is 0 Å². The van der Waals surface area contributed by atoms with Crippen molar-refractivity contribution >= 4 is 0 Å². The van der Waals surface area contributed by atoms with Crippen molar-refractivity contribution in [1.82, 2.24) is 5.32 Å². The molecule has 72 valence electrons. The molecule has 0 aromatic heterocycles. The predicted octanol–water partition coefficient (Wildman–Crippen LogP) is 2.29. The molecule has 1 N–H and O–H groups in total. The number of benzene rings is 1. The van der Waals surface area contributed by atoms with Gasteiger partial charge >= 0.3 is 0 Å². The average Bonchev–Trinajstić information content (AvgIpc) is 2.70. The van der Waals surface area contributed by atoms with Crippen LogP contribution in [0, 0.1) is 18.3 Å². The number of nitriles is 1. The van der Waals surface area contributed by atoms with Gasteiger partial charge in [-0.25, -0.2) is 0 Å². The molecule has 0 amide bonds. The SMILES string of the molecule is Cc1cccc(C2CCCN2)c1C#N. The van der Waals surface area contributed by atoms with Gasteiger partial charge in [-0.1, -0.05) is 18.2 Å². The van der Waals surface area contributed by atoms with E-state index in [9.17, 15) is 0 Å². The van der Waals surface area contributed by atoms with Crippen molar-refractivity contribution in [3.8, 4) is 6.07 Å². The highest BCUT2D eigenvalue weighted by Crippen LogP contribution is 2.27. The van der Waals surface area contributed by atoms with Crippen molar-refractivity contribution in [1.29, 1.82) is 5.26 Å². The van der Waals surface area contributed by atoms with E-state index >= 15 is 0 Å². The van der Waals surface area contributed by atoms with Gasteiger partial charge in [-0.15, -0.1) is 0 Å². The molecule has 1 aliphatic rings. The number of hydrogen-bond acceptors (Lipinski definition) is 2. The maximum absolute atomic E-state index is 9.08. The molecule has 0 saturated carbocycles. The monoisotopic (exact) mass is 186 g/mol. The minimum atomic E-state index is 0.393. The van der Waals surface area contributed by atoms with E-state index < -0.39 is 0 Å². The van der Waals surface area contributed by atoms with E-state index in [1.54, 1.807) is 0 Å². The first kappa shape index (κ1) is 9.23. The summed E-state index contributed by atoms with van der Waals surface area (Å²) in [6, 6.07) is 8.79. The Bertz CT molecular complexity index is 370. The number of hydrogen-bond donors (Lipinski definition) is 1. The highest BCUT2D eigenvalue weighted by atomic mass is 14.9. The van der Waals surface area contributed by atoms with Gasteiger partial charge in [-0.2, -0.15) is 5.26 Å². The van der Waals surface area contributed by atoms with Crippen LogP contribution in [0.15, 0.2) is 18.2 Å². The molecule has 0 radical (unpaired) electrons. The van der Waals surface area contributed by atoms with Crippen molar-refractivity contribution in [3.63, 3.8) is 0 Å². The van der Waals surface area contributed by atoms with Crippen LogP contribution in [0.2, 0.25) is 0 Å². The zero-order chi connectivity index (χ0) is 9.97. The van der Waals surface area contributed by atoms with Gasteiger partial charge in [0.2, 0.25) is 0 Å². The molecule has 2 nitrogen and oxygen atoms in total. The van der Waals surface area contributed by atoms with Crippen LogP contribution >= 0.6 is 0 Å². The van der Waals surface area contributed by atoms with Crippen LogP contribution in [0.4, 0.5) is 0 Å². The van der Waals surface area contributed by atoms with Gasteiger partial charge in [-0.05, 0) is 37.4 Å². The zero-order valence-electron chi connectivity index (χ0n) is 8.38. The third kappa shape index (κ3) is 1.51. The summed E-state index contributed by atoms with van der Waals surface area (Å²) in [5.74, 6) is 0. The summed E-state index contributed by atoms with van der Waals surface area (Å²) in [6.45, 7) is 3.07. The molecule has 1 saturated heterocycles. The van der Waals surface area contributed by atoms with E-state index in [1.807, 2.05) is 19.1 Å². The Kier molecular flexibility index (Phi) is 2.51. The van der Waals surface area contributed by atoms with Crippen molar-refractivity contribution in [2.75, 3.05) is 6.54 Å². The summed E-state index contributed by atoms with van der Waals surface area (Å²) in [5, 5.41) is 12.5. The summed E-state index contributed by atoms with van der Waals surface area (Å²) < 4.78 is 0. The Morgan fingerprint density at radius 1 is 1.50 bits per heavy atom. The van der Waals surface area contributed by atoms with E-state index in [0.29, 0.717) is 6.04 Å². The molecule has 2 heteroatoms. The van der Waals surface area contributed by atoms with Gasteiger partial charge in [0.15, 0.2) is 0 Å². The summed E-state index contributed by atoms with van der Waals surface area (Å²) in [7, 11) is 0. The summed E-state index contributed by atoms with van der Waals surface area (Å²) >= 11 is 0. The lowest BCUT2D eigenvalue weighted by molar-refractivity contribution is 0.645. The number of aryl methyl sites for hydroxylation is 1. The summed E-state index contributed by atoms with van der Waals surface area (Å²) in [5.41, 5.74) is 3.11. The summed E-state index contributed by atoms with van der Waals surface area (Å²) in [6.07, 6.45) is 2.36. The second-order valence-electron chi connectivity index (χ2n) is 3.80. The smallest absolute Gasteiger partial charge is 0.0997 e. The maximum Gasteiger partial charge on any atom is 0.0997 e. The van der Waals surface area contributed by atoms with Crippen LogP contribution in [-0.2, 0) is 0 Å². The fourth-order valence-corrected chi connectivity index (χ4v) is 2.08. The largest absolute Gasteiger partial charge is 0.310 e. The lowest BCUT2D eigenvalue weighted by atomic mass is 9.96. The third-order valence-corrected chi connectivity index (χ3v) is 2.85. The normalized spacial score (nSPS) is 20.7. The molecule has 0 aliphatic carbocycles. The second kappa shape index (κ2) is 3.81. The minimum absolute atomic E-state index is 0.393. The highest BCUT2D eigenvalue weighted by Gasteiger charge is 2.19. The van der Waals surface area contributed by atoms with E-state index in [4.69, 9.17) is 5.26 Å². The Hall–Kier alpha value is -1.33. The van der Waals surface area contributed by atoms with Crippen LogP contribution in [0.1, 0.15) is 35.6 Å². The van der Waals surface area contributed by atoms with Crippen LogP contribution in [0.25, 0.3) is 0 Å². The number of nitrogens with one attached hydrogen (secondary N) is 1. The fraction of sp³-hybridized carbons (Fsp3) is 0.417. The molecule has 1 fully saturated rings. The van der Waals surface area contributed by atoms with Crippen molar-refractivity contribution < 1.29 is 0 Å². The third-order valence-electron chi connectivity index (χ3n) is 2.85. The molecule has 1 unspecified atom stereocenters. The second-order valence-corrected chi connectivity index (χ2v) is 3.80. The Balaban J connectivity index is 2.42. The van der Waals surface area contributed by atoms with Gasteiger partial charge in [0.05, 0.1) is 11.6 Å². The van der Waals surface area contributed by atoms with Crippen molar-refractivity contribution in [2.45, 2.75) is 25.8 Å². The first-order valence-electron chi connectivity index (χ1n) is 5.06. The molecule has 1 heterocycles. The predicted molar refractivity (Wildman–Crippen MR) is 55.9 cm³/mol. The van der Waals surface area contributed by atoms with Gasteiger partial charge in [-0.3, -0.25) is 0 Å². The average molecular weight is 186 g/mol. The lowest BCUT2D eigenvalue weighted by Gasteiger charge is -2.13.